The minimum atomic E-state index is -0.725. The Morgan fingerprint density at radius 3 is 2.50 bits per heavy atom. The molecule has 1 rings (SSSR count). The number of nitriles is 1. The van der Waals surface area contributed by atoms with Crippen molar-refractivity contribution in [1.29, 1.82) is 5.26 Å². The summed E-state index contributed by atoms with van der Waals surface area (Å²) in [5.41, 5.74) is 0.433. The summed E-state index contributed by atoms with van der Waals surface area (Å²) >= 11 is 0. The van der Waals surface area contributed by atoms with Crippen LogP contribution in [-0.4, -0.2) is 55.8 Å². The molecule has 0 aromatic heterocycles. The fourth-order valence-corrected chi connectivity index (χ4v) is 1.60. The maximum absolute atomic E-state index is 9.73. The van der Waals surface area contributed by atoms with Gasteiger partial charge >= 0.3 is 0 Å². The number of aliphatic hydroxyl groups is 2. The van der Waals surface area contributed by atoms with Gasteiger partial charge in [0.2, 0.25) is 0 Å². The van der Waals surface area contributed by atoms with Crippen LogP contribution in [-0.2, 0) is 4.74 Å². The average molecular weight is 280 g/mol. The zero-order valence-electron chi connectivity index (χ0n) is 11.5. The van der Waals surface area contributed by atoms with Crippen molar-refractivity contribution in [2.75, 3.05) is 33.4 Å². The summed E-state index contributed by atoms with van der Waals surface area (Å²) in [5, 5.41) is 30.9. The van der Waals surface area contributed by atoms with Crippen molar-refractivity contribution in [2.45, 2.75) is 12.2 Å². The quantitative estimate of drug-likeness (QED) is 0.584. The highest BCUT2D eigenvalue weighted by atomic mass is 16.5. The Labute approximate surface area is 118 Å². The fraction of sp³-hybridized carbons (Fsp3) is 0.500. The summed E-state index contributed by atoms with van der Waals surface area (Å²) in [6, 6.07) is 8.87. The van der Waals surface area contributed by atoms with E-state index in [-0.39, 0.29) is 19.8 Å². The van der Waals surface area contributed by atoms with Crippen molar-refractivity contribution < 1.29 is 19.7 Å². The highest BCUT2D eigenvalue weighted by Crippen LogP contribution is 2.16. The van der Waals surface area contributed by atoms with E-state index in [4.69, 9.17) is 14.7 Å². The van der Waals surface area contributed by atoms with Gasteiger partial charge in [0.25, 0.3) is 0 Å². The monoisotopic (exact) mass is 280 g/mol. The van der Waals surface area contributed by atoms with Crippen LogP contribution in [0, 0.1) is 11.3 Å². The second kappa shape index (κ2) is 9.28. The van der Waals surface area contributed by atoms with E-state index in [1.807, 2.05) is 6.07 Å². The molecule has 0 saturated carbocycles. The summed E-state index contributed by atoms with van der Waals surface area (Å²) in [6.45, 7) is 0.941. The summed E-state index contributed by atoms with van der Waals surface area (Å²) in [6.07, 6.45) is -1.33. The van der Waals surface area contributed by atoms with Crippen LogP contribution < -0.4 is 10.1 Å². The van der Waals surface area contributed by atoms with Gasteiger partial charge in [-0.25, -0.2) is 0 Å². The molecule has 0 aliphatic rings. The van der Waals surface area contributed by atoms with Crippen molar-refractivity contribution in [3.8, 4) is 11.8 Å². The smallest absolute Gasteiger partial charge is 0.137 e. The highest BCUT2D eigenvalue weighted by molar-refractivity contribution is 5.42. The van der Waals surface area contributed by atoms with Crippen molar-refractivity contribution in [1.82, 2.24) is 5.32 Å². The Morgan fingerprint density at radius 2 is 1.85 bits per heavy atom. The lowest BCUT2D eigenvalue weighted by Gasteiger charge is -2.15. The van der Waals surface area contributed by atoms with Crippen LogP contribution in [0.3, 0.4) is 0 Å². The van der Waals surface area contributed by atoms with Gasteiger partial charge in [0.1, 0.15) is 24.5 Å². The Balaban J connectivity index is 2.26. The lowest BCUT2D eigenvalue weighted by molar-refractivity contribution is 0.0582. The number of rotatable bonds is 9. The van der Waals surface area contributed by atoms with Gasteiger partial charge in [-0.15, -0.1) is 0 Å². The van der Waals surface area contributed by atoms with Crippen LogP contribution in [0.15, 0.2) is 24.3 Å². The van der Waals surface area contributed by atoms with Crippen molar-refractivity contribution in [3.05, 3.63) is 29.8 Å². The Kier molecular flexibility index (Phi) is 7.62. The minimum Gasteiger partial charge on any atom is -0.489 e. The maximum atomic E-state index is 9.73. The summed E-state index contributed by atoms with van der Waals surface area (Å²) in [4.78, 5) is 0. The number of nitrogens with one attached hydrogen (secondary N) is 1. The van der Waals surface area contributed by atoms with Crippen molar-refractivity contribution >= 4 is 0 Å². The molecule has 0 bridgehead atoms. The molecule has 110 valence electrons. The Bertz CT molecular complexity index is 433. The first-order chi connectivity index (χ1) is 9.67. The Hall–Kier alpha value is -1.65. The molecule has 2 unspecified atom stereocenters. The van der Waals surface area contributed by atoms with E-state index < -0.39 is 12.2 Å². The van der Waals surface area contributed by atoms with Gasteiger partial charge in [0, 0.05) is 20.2 Å². The number of para-hydroxylation sites is 1. The number of benzene rings is 1. The van der Waals surface area contributed by atoms with Gasteiger partial charge in [-0.1, -0.05) is 12.1 Å². The fourth-order valence-electron chi connectivity index (χ4n) is 1.60. The van der Waals surface area contributed by atoms with Gasteiger partial charge in [0.05, 0.1) is 18.3 Å². The standard InChI is InChI=1S/C14H20N2O4/c1-19-9-12(17)7-16-8-13(18)10-20-14-5-3-2-4-11(14)6-15/h2-5,12-13,16-18H,7-10H2,1H3. The van der Waals surface area contributed by atoms with Gasteiger partial charge in [0.15, 0.2) is 0 Å². The van der Waals surface area contributed by atoms with Crippen molar-refractivity contribution in [2.24, 2.45) is 0 Å². The highest BCUT2D eigenvalue weighted by Gasteiger charge is 2.09. The van der Waals surface area contributed by atoms with Crippen LogP contribution in [0.1, 0.15) is 5.56 Å². The molecule has 1 aromatic rings. The first-order valence-electron chi connectivity index (χ1n) is 6.35. The third kappa shape index (κ3) is 5.99. The molecular formula is C14H20N2O4. The number of nitrogens with zero attached hydrogens (tertiary/aromatic N) is 1. The molecule has 0 aliphatic carbocycles. The molecule has 0 heterocycles. The topological polar surface area (TPSA) is 94.7 Å². The van der Waals surface area contributed by atoms with Gasteiger partial charge in [-0.2, -0.15) is 5.26 Å². The summed E-state index contributed by atoms with van der Waals surface area (Å²) in [5.74, 6) is 0.452. The third-order valence-corrected chi connectivity index (χ3v) is 2.56. The molecule has 0 saturated heterocycles. The number of hydrogen-bond acceptors (Lipinski definition) is 6. The second-order valence-corrected chi connectivity index (χ2v) is 4.34. The predicted octanol–water partition coefficient (Wildman–Crippen LogP) is -0.105. The van der Waals surface area contributed by atoms with E-state index in [1.165, 1.54) is 7.11 Å². The van der Waals surface area contributed by atoms with Crippen LogP contribution in [0.25, 0.3) is 0 Å². The first kappa shape index (κ1) is 16.4. The van der Waals surface area contributed by atoms with Gasteiger partial charge < -0.3 is 25.0 Å². The molecule has 20 heavy (non-hydrogen) atoms. The van der Waals surface area contributed by atoms with Crippen LogP contribution in [0.2, 0.25) is 0 Å². The average Bonchev–Trinajstić information content (AvgIpc) is 2.45. The van der Waals surface area contributed by atoms with E-state index in [2.05, 4.69) is 5.32 Å². The molecule has 6 heteroatoms. The van der Waals surface area contributed by atoms with E-state index in [0.29, 0.717) is 17.9 Å². The zero-order chi connectivity index (χ0) is 14.8. The summed E-state index contributed by atoms with van der Waals surface area (Å²) < 4.78 is 10.2. The molecule has 6 nitrogen and oxygen atoms in total. The summed E-state index contributed by atoms with van der Waals surface area (Å²) in [7, 11) is 1.51. The van der Waals surface area contributed by atoms with E-state index in [9.17, 15) is 10.2 Å². The lowest BCUT2D eigenvalue weighted by atomic mass is 10.2. The Morgan fingerprint density at radius 1 is 1.20 bits per heavy atom. The maximum Gasteiger partial charge on any atom is 0.137 e. The van der Waals surface area contributed by atoms with Crippen molar-refractivity contribution in [3.63, 3.8) is 0 Å². The van der Waals surface area contributed by atoms with E-state index in [1.54, 1.807) is 24.3 Å². The van der Waals surface area contributed by atoms with Crippen LogP contribution in [0.4, 0.5) is 0 Å². The SMILES string of the molecule is COCC(O)CNCC(O)COc1ccccc1C#N. The second-order valence-electron chi connectivity index (χ2n) is 4.34. The number of methoxy groups -OCH3 is 1. The number of aliphatic hydroxyl groups excluding tert-OH is 2. The molecule has 2 atom stereocenters. The van der Waals surface area contributed by atoms with E-state index in [0.717, 1.165) is 0 Å². The molecule has 0 fully saturated rings. The lowest BCUT2D eigenvalue weighted by Crippen LogP contribution is -2.37. The zero-order valence-corrected chi connectivity index (χ0v) is 11.5. The van der Waals surface area contributed by atoms with E-state index >= 15 is 0 Å². The molecule has 0 aliphatic heterocycles. The normalized spacial score (nSPS) is 13.5. The largest absolute Gasteiger partial charge is 0.489 e. The van der Waals surface area contributed by atoms with Crippen LogP contribution >= 0.6 is 0 Å². The number of hydrogen-bond donors (Lipinski definition) is 3. The number of ether oxygens (including phenoxy) is 2. The predicted molar refractivity (Wildman–Crippen MR) is 73.4 cm³/mol. The third-order valence-electron chi connectivity index (χ3n) is 2.56. The molecule has 0 amide bonds. The molecular weight excluding hydrogens is 260 g/mol. The molecule has 3 N–H and O–H groups in total. The van der Waals surface area contributed by atoms with Gasteiger partial charge in [-0.05, 0) is 12.1 Å². The first-order valence-corrected chi connectivity index (χ1v) is 6.35. The molecule has 0 radical (unpaired) electrons. The molecule has 0 spiro atoms. The van der Waals surface area contributed by atoms with Crippen LogP contribution in [0.5, 0.6) is 5.75 Å². The minimum absolute atomic E-state index is 0.0755. The van der Waals surface area contributed by atoms with Gasteiger partial charge in [-0.3, -0.25) is 0 Å². The molecule has 1 aromatic carbocycles.